The van der Waals surface area contributed by atoms with Crippen LogP contribution in [0.25, 0.3) is 33.5 Å². The van der Waals surface area contributed by atoms with E-state index >= 15 is 0 Å². The van der Waals surface area contributed by atoms with Gasteiger partial charge in [0.2, 0.25) is 5.75 Å². The summed E-state index contributed by atoms with van der Waals surface area (Å²) in [4.78, 5) is 4.83. The molecule has 1 N–H and O–H groups in total. The number of methoxy groups -OCH3 is 3. The standard InChI is InChI=1S/C21H19N3O3/c1-25-17-11-14(12-18(26-2)21(17)27-3)19-20-16(23-24-19)10-9-15(22-20)13-7-5-4-6-8-13/h4-12H,1-3H3,(H,23,24). The van der Waals surface area contributed by atoms with E-state index in [0.717, 1.165) is 33.5 Å². The number of rotatable bonds is 5. The molecule has 27 heavy (non-hydrogen) atoms. The monoisotopic (exact) mass is 361 g/mol. The van der Waals surface area contributed by atoms with Gasteiger partial charge in [0.25, 0.3) is 0 Å². The van der Waals surface area contributed by atoms with Crippen molar-refractivity contribution in [1.29, 1.82) is 0 Å². The number of nitrogens with zero attached hydrogens (tertiary/aromatic N) is 2. The Morgan fingerprint density at radius 1 is 0.778 bits per heavy atom. The molecule has 0 aliphatic carbocycles. The molecule has 0 spiro atoms. The molecule has 0 saturated heterocycles. The van der Waals surface area contributed by atoms with Crippen LogP contribution in [0.15, 0.2) is 54.6 Å². The Morgan fingerprint density at radius 3 is 2.11 bits per heavy atom. The molecule has 0 atom stereocenters. The third kappa shape index (κ3) is 2.95. The highest BCUT2D eigenvalue weighted by atomic mass is 16.5. The third-order valence-electron chi connectivity index (χ3n) is 4.42. The van der Waals surface area contributed by atoms with Crippen molar-refractivity contribution in [3.63, 3.8) is 0 Å². The van der Waals surface area contributed by atoms with Gasteiger partial charge in [0.1, 0.15) is 11.2 Å². The smallest absolute Gasteiger partial charge is 0.203 e. The van der Waals surface area contributed by atoms with Gasteiger partial charge in [0.15, 0.2) is 11.5 Å². The first-order valence-electron chi connectivity index (χ1n) is 8.46. The summed E-state index contributed by atoms with van der Waals surface area (Å²) in [6, 6.07) is 17.8. The number of fused-ring (bicyclic) bond motifs is 1. The number of H-pyrrole nitrogens is 1. The van der Waals surface area contributed by atoms with Crippen LogP contribution in [0.3, 0.4) is 0 Å². The van der Waals surface area contributed by atoms with Crippen LogP contribution in [0, 0.1) is 0 Å². The molecule has 4 rings (SSSR count). The molecular formula is C21H19N3O3. The minimum Gasteiger partial charge on any atom is -0.493 e. The second kappa shape index (κ2) is 6.99. The van der Waals surface area contributed by atoms with E-state index in [2.05, 4.69) is 10.2 Å². The maximum atomic E-state index is 5.46. The summed E-state index contributed by atoms with van der Waals surface area (Å²) in [7, 11) is 4.77. The van der Waals surface area contributed by atoms with E-state index < -0.39 is 0 Å². The molecule has 0 saturated carbocycles. The Kier molecular flexibility index (Phi) is 4.38. The minimum absolute atomic E-state index is 0.543. The number of pyridine rings is 1. The molecule has 2 aromatic heterocycles. The Hall–Kier alpha value is -3.54. The van der Waals surface area contributed by atoms with Crippen LogP contribution in [0.5, 0.6) is 17.2 Å². The lowest BCUT2D eigenvalue weighted by Crippen LogP contribution is -1.96. The molecular weight excluding hydrogens is 342 g/mol. The first-order valence-corrected chi connectivity index (χ1v) is 8.46. The summed E-state index contributed by atoms with van der Waals surface area (Å²) in [5.74, 6) is 1.69. The van der Waals surface area contributed by atoms with Gasteiger partial charge in [0, 0.05) is 11.1 Å². The van der Waals surface area contributed by atoms with Crippen LogP contribution in [0.2, 0.25) is 0 Å². The minimum atomic E-state index is 0.543. The highest BCUT2D eigenvalue weighted by Crippen LogP contribution is 2.41. The molecule has 136 valence electrons. The van der Waals surface area contributed by atoms with Gasteiger partial charge in [-0.2, -0.15) is 5.10 Å². The van der Waals surface area contributed by atoms with Crippen LogP contribution in [-0.4, -0.2) is 36.5 Å². The topological polar surface area (TPSA) is 69.3 Å². The molecule has 0 fully saturated rings. The maximum Gasteiger partial charge on any atom is 0.203 e. The average molecular weight is 361 g/mol. The third-order valence-corrected chi connectivity index (χ3v) is 4.42. The average Bonchev–Trinajstić information content (AvgIpc) is 3.16. The molecule has 2 aromatic carbocycles. The van der Waals surface area contributed by atoms with Crippen molar-refractivity contribution in [2.45, 2.75) is 0 Å². The summed E-state index contributed by atoms with van der Waals surface area (Å²) in [5.41, 5.74) is 5.13. The highest BCUT2D eigenvalue weighted by molar-refractivity contribution is 5.92. The first kappa shape index (κ1) is 16.9. The fraction of sp³-hybridized carbons (Fsp3) is 0.143. The molecule has 0 aliphatic rings. The number of ether oxygens (including phenoxy) is 3. The molecule has 0 bridgehead atoms. The van der Waals surface area contributed by atoms with Gasteiger partial charge in [-0.15, -0.1) is 0 Å². The van der Waals surface area contributed by atoms with Crippen LogP contribution in [0.1, 0.15) is 0 Å². The maximum absolute atomic E-state index is 5.46. The number of nitrogens with one attached hydrogen (secondary N) is 1. The van der Waals surface area contributed by atoms with Crippen molar-refractivity contribution in [2.75, 3.05) is 21.3 Å². The molecule has 4 aromatic rings. The molecule has 6 heteroatoms. The zero-order valence-electron chi connectivity index (χ0n) is 15.3. The number of hydrogen-bond donors (Lipinski definition) is 1. The van der Waals surface area contributed by atoms with Gasteiger partial charge in [-0.25, -0.2) is 4.98 Å². The fourth-order valence-electron chi connectivity index (χ4n) is 3.09. The molecule has 6 nitrogen and oxygen atoms in total. The van der Waals surface area contributed by atoms with Crippen molar-refractivity contribution in [1.82, 2.24) is 15.2 Å². The van der Waals surface area contributed by atoms with E-state index in [1.807, 2.05) is 54.6 Å². The highest BCUT2D eigenvalue weighted by Gasteiger charge is 2.18. The number of benzene rings is 2. The number of aromatic nitrogens is 3. The van der Waals surface area contributed by atoms with Gasteiger partial charge < -0.3 is 14.2 Å². The van der Waals surface area contributed by atoms with E-state index in [0.29, 0.717) is 17.2 Å². The Morgan fingerprint density at radius 2 is 1.48 bits per heavy atom. The SMILES string of the molecule is COc1cc(-c2n[nH]c3ccc(-c4ccccc4)nc23)cc(OC)c1OC. The van der Waals surface area contributed by atoms with Crippen molar-refractivity contribution in [2.24, 2.45) is 0 Å². The van der Waals surface area contributed by atoms with Gasteiger partial charge in [-0.1, -0.05) is 30.3 Å². The molecule has 2 heterocycles. The van der Waals surface area contributed by atoms with Crippen LogP contribution in [-0.2, 0) is 0 Å². The van der Waals surface area contributed by atoms with Crippen molar-refractivity contribution < 1.29 is 14.2 Å². The summed E-state index contributed by atoms with van der Waals surface area (Å²) < 4.78 is 16.3. The molecule has 0 unspecified atom stereocenters. The Balaban J connectivity index is 1.89. The van der Waals surface area contributed by atoms with E-state index in [1.54, 1.807) is 21.3 Å². The van der Waals surface area contributed by atoms with Gasteiger partial charge in [0.05, 0.1) is 32.5 Å². The van der Waals surface area contributed by atoms with Gasteiger partial charge in [-0.3, -0.25) is 5.10 Å². The lowest BCUT2D eigenvalue weighted by molar-refractivity contribution is 0.324. The van der Waals surface area contributed by atoms with Crippen LogP contribution >= 0.6 is 0 Å². The number of aromatic amines is 1. The van der Waals surface area contributed by atoms with Crippen molar-refractivity contribution >= 4 is 11.0 Å². The zero-order valence-corrected chi connectivity index (χ0v) is 15.3. The van der Waals surface area contributed by atoms with Gasteiger partial charge in [-0.05, 0) is 24.3 Å². The largest absolute Gasteiger partial charge is 0.493 e. The summed E-state index contributed by atoms with van der Waals surface area (Å²) in [5, 5.41) is 7.51. The second-order valence-corrected chi connectivity index (χ2v) is 5.94. The number of hydrogen-bond acceptors (Lipinski definition) is 5. The summed E-state index contributed by atoms with van der Waals surface area (Å²) in [6.07, 6.45) is 0. The lowest BCUT2D eigenvalue weighted by atomic mass is 10.1. The van der Waals surface area contributed by atoms with E-state index in [9.17, 15) is 0 Å². The van der Waals surface area contributed by atoms with Gasteiger partial charge >= 0.3 is 0 Å². The lowest BCUT2D eigenvalue weighted by Gasteiger charge is -2.13. The van der Waals surface area contributed by atoms with Crippen LogP contribution in [0.4, 0.5) is 0 Å². The van der Waals surface area contributed by atoms with E-state index in [-0.39, 0.29) is 0 Å². The predicted molar refractivity (Wildman–Crippen MR) is 104 cm³/mol. The normalized spacial score (nSPS) is 10.8. The quantitative estimate of drug-likeness (QED) is 0.573. The van der Waals surface area contributed by atoms with Crippen molar-refractivity contribution in [3.05, 3.63) is 54.6 Å². The summed E-state index contributed by atoms with van der Waals surface area (Å²) >= 11 is 0. The predicted octanol–water partition coefficient (Wildman–Crippen LogP) is 4.32. The molecule has 0 aliphatic heterocycles. The second-order valence-electron chi connectivity index (χ2n) is 5.94. The van der Waals surface area contributed by atoms with Crippen LogP contribution < -0.4 is 14.2 Å². The Labute approximate surface area is 156 Å². The van der Waals surface area contributed by atoms with Crippen molar-refractivity contribution in [3.8, 4) is 39.8 Å². The fourth-order valence-corrected chi connectivity index (χ4v) is 3.09. The Bertz CT molecular complexity index is 1070. The molecule has 0 radical (unpaired) electrons. The van der Waals surface area contributed by atoms with E-state index in [1.165, 1.54) is 0 Å². The van der Waals surface area contributed by atoms with E-state index in [4.69, 9.17) is 19.2 Å². The molecule has 0 amide bonds. The summed E-state index contributed by atoms with van der Waals surface area (Å²) in [6.45, 7) is 0. The first-order chi connectivity index (χ1) is 13.2. The zero-order chi connectivity index (χ0) is 18.8.